The lowest BCUT2D eigenvalue weighted by atomic mass is 9.73. The highest BCUT2D eigenvalue weighted by Crippen LogP contribution is 2.51. The zero-order chi connectivity index (χ0) is 24.7. The number of rotatable bonds is 4. The van der Waals surface area contributed by atoms with E-state index >= 15 is 0 Å². The van der Waals surface area contributed by atoms with Gasteiger partial charge in [-0.2, -0.15) is 0 Å². The molecule has 1 saturated heterocycles. The lowest BCUT2D eigenvalue weighted by molar-refractivity contribution is 0.187. The molecule has 1 aromatic heterocycles. The highest BCUT2D eigenvalue weighted by Gasteiger charge is 2.46. The molecule has 2 aliphatic rings. The third-order valence-electron chi connectivity index (χ3n) is 7.48. The van der Waals surface area contributed by atoms with Crippen LogP contribution in [0.25, 0.3) is 5.69 Å². The second kappa shape index (κ2) is 9.07. The van der Waals surface area contributed by atoms with Crippen LogP contribution in [-0.4, -0.2) is 29.2 Å². The summed E-state index contributed by atoms with van der Waals surface area (Å²) < 4.78 is 7.08. The van der Waals surface area contributed by atoms with Crippen molar-refractivity contribution >= 4 is 17.4 Å². The Bertz CT molecular complexity index is 1380. The quantitative estimate of drug-likeness (QED) is 0.550. The Hall–Kier alpha value is -3.27. The van der Waals surface area contributed by atoms with Gasteiger partial charge < -0.3 is 15.4 Å². The van der Waals surface area contributed by atoms with E-state index in [0.717, 1.165) is 37.9 Å². The second-order valence-corrected chi connectivity index (χ2v) is 9.85. The van der Waals surface area contributed by atoms with Gasteiger partial charge in [0.25, 0.3) is 5.56 Å². The number of ether oxygens (including phenoxy) is 1. The van der Waals surface area contributed by atoms with Crippen molar-refractivity contribution < 1.29 is 4.74 Å². The van der Waals surface area contributed by atoms with Gasteiger partial charge in [-0.05, 0) is 80.0 Å². The highest BCUT2D eigenvalue weighted by molar-refractivity contribution is 6.32. The molecule has 7 heteroatoms. The number of anilines is 1. The van der Waals surface area contributed by atoms with Crippen LogP contribution in [0.2, 0.25) is 5.02 Å². The zero-order valence-electron chi connectivity index (χ0n) is 20.1. The number of piperidine rings is 1. The average molecular weight is 489 g/mol. The summed E-state index contributed by atoms with van der Waals surface area (Å²) in [6, 6.07) is 13.1. The van der Waals surface area contributed by atoms with Crippen LogP contribution >= 0.6 is 11.6 Å². The molecular weight excluding hydrogens is 460 g/mol. The number of nitrogens with two attached hydrogens (primary N) is 1. The maximum atomic E-state index is 13.1. The van der Waals surface area contributed by atoms with Crippen molar-refractivity contribution in [2.75, 3.05) is 24.6 Å². The van der Waals surface area contributed by atoms with E-state index in [-0.39, 0.29) is 17.0 Å². The molecule has 2 N–H and O–H groups in total. The second-order valence-electron chi connectivity index (χ2n) is 9.44. The number of terminal acetylenes is 1. The Labute approximate surface area is 210 Å². The van der Waals surface area contributed by atoms with Crippen molar-refractivity contribution in [1.82, 2.24) is 9.55 Å². The summed E-state index contributed by atoms with van der Waals surface area (Å²) in [7, 11) is 0. The molecule has 2 aromatic carbocycles. The summed E-state index contributed by atoms with van der Waals surface area (Å²) in [5.74, 6) is 4.63. The molecule has 0 amide bonds. The number of hydrogen-bond donors (Lipinski definition) is 1. The van der Waals surface area contributed by atoms with Crippen molar-refractivity contribution in [1.29, 1.82) is 0 Å². The monoisotopic (exact) mass is 488 g/mol. The maximum absolute atomic E-state index is 13.1. The molecule has 35 heavy (non-hydrogen) atoms. The van der Waals surface area contributed by atoms with Gasteiger partial charge >= 0.3 is 0 Å². The van der Waals surface area contributed by atoms with Gasteiger partial charge in [0.15, 0.2) is 0 Å². The molecule has 5 rings (SSSR count). The van der Waals surface area contributed by atoms with Crippen molar-refractivity contribution in [3.05, 3.63) is 80.4 Å². The molecule has 180 valence electrons. The van der Waals surface area contributed by atoms with E-state index in [1.165, 1.54) is 11.1 Å². The van der Waals surface area contributed by atoms with Crippen LogP contribution in [0.4, 0.5) is 5.82 Å². The molecule has 1 aliphatic carbocycles. The summed E-state index contributed by atoms with van der Waals surface area (Å²) in [5, 5.41) is 0.462. The van der Waals surface area contributed by atoms with Crippen molar-refractivity contribution in [2.45, 2.75) is 39.2 Å². The molecular formula is C28H29ClN4O2. The number of fused-ring (bicyclic) bond motifs is 1. The SMILES string of the molecule is C#Cc1ccc2c(c1)[C@@H](N)C1(CCN(c3cc(=O)n(-c4ccc(OCC)c(Cl)c4)c(C)n3)CC1)C2. The molecule has 0 unspecified atom stereocenters. The Morgan fingerprint density at radius 3 is 2.66 bits per heavy atom. The summed E-state index contributed by atoms with van der Waals surface area (Å²) in [4.78, 5) is 20.1. The van der Waals surface area contributed by atoms with Gasteiger partial charge in [0.05, 0.1) is 17.3 Å². The third kappa shape index (κ3) is 4.09. The van der Waals surface area contributed by atoms with Crippen LogP contribution in [0, 0.1) is 24.7 Å². The molecule has 3 aromatic rings. The summed E-state index contributed by atoms with van der Waals surface area (Å²) in [6.45, 7) is 5.86. The lowest BCUT2D eigenvalue weighted by Gasteiger charge is -2.42. The van der Waals surface area contributed by atoms with E-state index in [1.807, 2.05) is 26.0 Å². The Morgan fingerprint density at radius 2 is 2.00 bits per heavy atom. The van der Waals surface area contributed by atoms with E-state index < -0.39 is 0 Å². The van der Waals surface area contributed by atoms with Crippen LogP contribution in [0.3, 0.4) is 0 Å². The first-order valence-corrected chi connectivity index (χ1v) is 12.4. The highest BCUT2D eigenvalue weighted by atomic mass is 35.5. The van der Waals surface area contributed by atoms with E-state index in [0.29, 0.717) is 34.7 Å². The van der Waals surface area contributed by atoms with Crippen LogP contribution in [0.15, 0.2) is 47.3 Å². The number of aromatic nitrogens is 2. The van der Waals surface area contributed by atoms with E-state index in [4.69, 9.17) is 33.5 Å². The number of halogens is 1. The number of hydrogen-bond acceptors (Lipinski definition) is 5. The van der Waals surface area contributed by atoms with E-state index in [2.05, 4.69) is 23.0 Å². The molecule has 0 saturated carbocycles. The van der Waals surface area contributed by atoms with Gasteiger partial charge in [-0.1, -0.05) is 23.6 Å². The fraction of sp³-hybridized carbons (Fsp3) is 0.357. The predicted molar refractivity (Wildman–Crippen MR) is 140 cm³/mol. The van der Waals surface area contributed by atoms with Gasteiger partial charge in [-0.25, -0.2) is 4.98 Å². The zero-order valence-corrected chi connectivity index (χ0v) is 20.8. The largest absolute Gasteiger partial charge is 0.492 e. The summed E-state index contributed by atoms with van der Waals surface area (Å²) >= 11 is 6.35. The van der Waals surface area contributed by atoms with Crippen LogP contribution < -0.4 is 20.9 Å². The minimum atomic E-state index is -0.139. The standard InChI is InChI=1S/C28H29ClN4O2/c1-4-19-6-7-20-17-28(27(30)22(20)14-19)10-12-32(13-11-28)25-16-26(34)33(18(3)31-25)21-8-9-24(35-5-2)23(29)15-21/h1,6-9,14-16,27H,5,10-13,17,30H2,2-3H3/t27-/m1/s1. The molecule has 1 atom stereocenters. The topological polar surface area (TPSA) is 73.4 Å². The number of benzene rings is 2. The van der Waals surface area contributed by atoms with Gasteiger partial charge in [-0.3, -0.25) is 9.36 Å². The van der Waals surface area contributed by atoms with Crippen molar-refractivity contribution in [3.8, 4) is 23.8 Å². The number of nitrogens with zero attached hydrogens (tertiary/aromatic N) is 3. The number of aryl methyl sites for hydroxylation is 1. The average Bonchev–Trinajstić information content (AvgIpc) is 3.11. The Kier molecular flexibility index (Phi) is 6.08. The van der Waals surface area contributed by atoms with Gasteiger partial charge in [0, 0.05) is 30.8 Å². The van der Waals surface area contributed by atoms with Gasteiger partial charge in [0.2, 0.25) is 0 Å². The molecule has 0 radical (unpaired) electrons. The van der Waals surface area contributed by atoms with Gasteiger partial charge in [-0.15, -0.1) is 6.42 Å². The first-order chi connectivity index (χ1) is 16.8. The third-order valence-corrected chi connectivity index (χ3v) is 7.77. The van der Waals surface area contributed by atoms with Crippen molar-refractivity contribution in [3.63, 3.8) is 0 Å². The molecule has 0 bridgehead atoms. The smallest absolute Gasteiger partial charge is 0.260 e. The maximum Gasteiger partial charge on any atom is 0.260 e. The summed E-state index contributed by atoms with van der Waals surface area (Å²) in [6.07, 6.45) is 8.44. The fourth-order valence-electron chi connectivity index (χ4n) is 5.58. The van der Waals surface area contributed by atoms with E-state index in [9.17, 15) is 4.79 Å². The molecule has 2 heterocycles. The van der Waals surface area contributed by atoms with Crippen LogP contribution in [0.1, 0.15) is 48.3 Å². The minimum Gasteiger partial charge on any atom is -0.492 e. The molecule has 1 spiro atoms. The fourth-order valence-corrected chi connectivity index (χ4v) is 5.81. The molecule has 1 fully saturated rings. The summed E-state index contributed by atoms with van der Waals surface area (Å²) in [5.41, 5.74) is 10.7. The van der Waals surface area contributed by atoms with Crippen LogP contribution in [0.5, 0.6) is 5.75 Å². The first kappa shape index (κ1) is 23.5. The normalized spacial score (nSPS) is 18.4. The predicted octanol–water partition coefficient (Wildman–Crippen LogP) is 4.42. The Morgan fingerprint density at radius 1 is 1.23 bits per heavy atom. The molecule has 1 aliphatic heterocycles. The van der Waals surface area contributed by atoms with E-state index in [1.54, 1.807) is 22.8 Å². The van der Waals surface area contributed by atoms with Gasteiger partial charge in [0.1, 0.15) is 17.4 Å². The lowest BCUT2D eigenvalue weighted by Crippen LogP contribution is -2.45. The van der Waals surface area contributed by atoms with Crippen LogP contribution in [-0.2, 0) is 6.42 Å². The van der Waals surface area contributed by atoms with Crippen molar-refractivity contribution in [2.24, 2.45) is 11.1 Å². The Balaban J connectivity index is 1.35. The first-order valence-electron chi connectivity index (χ1n) is 12.0. The molecule has 6 nitrogen and oxygen atoms in total. The minimum absolute atomic E-state index is 0.0230.